The average Bonchev–Trinajstić information content (AvgIpc) is 2.30. The van der Waals surface area contributed by atoms with Crippen LogP contribution in [0.5, 0.6) is 5.75 Å². The summed E-state index contributed by atoms with van der Waals surface area (Å²) in [5.41, 5.74) is 6.28. The maximum absolute atomic E-state index is 11.6. The van der Waals surface area contributed by atoms with E-state index in [1.54, 1.807) is 12.1 Å². The van der Waals surface area contributed by atoms with E-state index in [1.807, 2.05) is 26.0 Å². The summed E-state index contributed by atoms with van der Waals surface area (Å²) in [7, 11) is -0.793. The lowest BCUT2D eigenvalue weighted by Gasteiger charge is -2.09. The minimum atomic E-state index is -0.793. The van der Waals surface area contributed by atoms with Crippen molar-refractivity contribution in [1.29, 1.82) is 0 Å². The molecule has 1 rings (SSSR count). The third-order valence-corrected chi connectivity index (χ3v) is 4.26. The normalized spacial score (nSPS) is 14.4. The lowest BCUT2D eigenvalue weighted by molar-refractivity contribution is 0.342. The van der Waals surface area contributed by atoms with Crippen molar-refractivity contribution in [3.05, 3.63) is 24.3 Å². The first-order valence-electron chi connectivity index (χ1n) is 5.49. The third-order valence-electron chi connectivity index (χ3n) is 2.46. The molecule has 2 N–H and O–H groups in total. The number of nitrogens with two attached hydrogens (primary N) is 1. The van der Waals surface area contributed by atoms with Gasteiger partial charge in [-0.05, 0) is 30.7 Å². The van der Waals surface area contributed by atoms with Crippen LogP contribution in [0.3, 0.4) is 0 Å². The van der Waals surface area contributed by atoms with Gasteiger partial charge in [-0.25, -0.2) is 0 Å². The molecule has 0 aliphatic rings. The summed E-state index contributed by atoms with van der Waals surface area (Å²) in [4.78, 5) is 0. The summed E-state index contributed by atoms with van der Waals surface area (Å²) in [5.74, 6) is 1.36. The highest BCUT2D eigenvalue weighted by atomic mass is 32.2. The van der Waals surface area contributed by atoms with E-state index in [-0.39, 0.29) is 5.25 Å². The maximum Gasteiger partial charge on any atom is 0.119 e. The van der Waals surface area contributed by atoms with Crippen molar-refractivity contribution in [2.45, 2.75) is 25.5 Å². The van der Waals surface area contributed by atoms with Crippen molar-refractivity contribution >= 4 is 16.5 Å². The molecule has 0 aromatic heterocycles. The van der Waals surface area contributed by atoms with Crippen LogP contribution in [0.4, 0.5) is 5.69 Å². The Kier molecular flexibility index (Phi) is 5.32. The Morgan fingerprint density at radius 3 is 2.56 bits per heavy atom. The van der Waals surface area contributed by atoms with E-state index >= 15 is 0 Å². The van der Waals surface area contributed by atoms with Crippen LogP contribution in [0.25, 0.3) is 0 Å². The molecule has 2 atom stereocenters. The van der Waals surface area contributed by atoms with Gasteiger partial charge in [-0.2, -0.15) is 0 Å². The number of benzene rings is 1. The third kappa shape index (κ3) is 4.23. The van der Waals surface area contributed by atoms with Gasteiger partial charge in [0.2, 0.25) is 0 Å². The second kappa shape index (κ2) is 6.53. The maximum atomic E-state index is 11.6. The summed E-state index contributed by atoms with van der Waals surface area (Å²) in [6, 6.07) is 7.23. The molecule has 3 nitrogen and oxygen atoms in total. The quantitative estimate of drug-likeness (QED) is 0.777. The highest BCUT2D eigenvalue weighted by Gasteiger charge is 2.08. The first-order chi connectivity index (χ1) is 7.63. The van der Waals surface area contributed by atoms with Gasteiger partial charge in [0.25, 0.3) is 0 Å². The Bertz CT molecular complexity index is 337. The van der Waals surface area contributed by atoms with Crippen LogP contribution in [0.1, 0.15) is 20.3 Å². The molecule has 0 aliphatic heterocycles. The van der Waals surface area contributed by atoms with Gasteiger partial charge in [-0.15, -0.1) is 0 Å². The molecule has 0 heterocycles. The fourth-order valence-corrected chi connectivity index (χ4v) is 2.21. The molecule has 1 aromatic rings. The van der Waals surface area contributed by atoms with E-state index in [9.17, 15) is 4.21 Å². The summed E-state index contributed by atoms with van der Waals surface area (Å²) < 4.78 is 17.1. The first kappa shape index (κ1) is 13.0. The van der Waals surface area contributed by atoms with Crippen LogP contribution in [-0.2, 0) is 10.8 Å². The molecule has 0 saturated carbocycles. The largest absolute Gasteiger partial charge is 0.493 e. The number of ether oxygens (including phenoxy) is 1. The minimum absolute atomic E-state index is 0.245. The predicted molar refractivity (Wildman–Crippen MR) is 69.1 cm³/mol. The molecule has 0 radical (unpaired) electrons. The van der Waals surface area contributed by atoms with E-state index in [2.05, 4.69) is 0 Å². The van der Waals surface area contributed by atoms with Crippen LogP contribution in [0.2, 0.25) is 0 Å². The van der Waals surface area contributed by atoms with Crippen molar-refractivity contribution in [3.8, 4) is 5.75 Å². The molecule has 1 aromatic carbocycles. The van der Waals surface area contributed by atoms with Crippen LogP contribution in [0.15, 0.2) is 24.3 Å². The predicted octanol–water partition coefficient (Wildman–Crippen LogP) is 2.19. The molecular weight excluding hydrogens is 222 g/mol. The van der Waals surface area contributed by atoms with Crippen molar-refractivity contribution in [2.75, 3.05) is 18.1 Å². The Labute approximate surface area is 99.4 Å². The van der Waals surface area contributed by atoms with Gasteiger partial charge in [0, 0.05) is 21.7 Å². The zero-order valence-electron chi connectivity index (χ0n) is 9.81. The summed E-state index contributed by atoms with van der Waals surface area (Å²) in [5, 5.41) is 0.245. The summed E-state index contributed by atoms with van der Waals surface area (Å²) in [6.45, 7) is 4.53. The molecule has 0 saturated heterocycles. The molecule has 90 valence electrons. The van der Waals surface area contributed by atoms with Crippen LogP contribution >= 0.6 is 0 Å². The molecule has 0 amide bonds. The van der Waals surface area contributed by atoms with E-state index in [1.165, 1.54) is 0 Å². The number of hydrogen-bond donors (Lipinski definition) is 1. The summed E-state index contributed by atoms with van der Waals surface area (Å²) in [6.07, 6.45) is 0.939. The van der Waals surface area contributed by atoms with Crippen molar-refractivity contribution in [1.82, 2.24) is 0 Å². The van der Waals surface area contributed by atoms with E-state index < -0.39 is 10.8 Å². The highest BCUT2D eigenvalue weighted by Crippen LogP contribution is 2.13. The smallest absolute Gasteiger partial charge is 0.119 e. The monoisotopic (exact) mass is 241 g/mol. The Morgan fingerprint density at radius 1 is 1.38 bits per heavy atom. The fraction of sp³-hybridized carbons (Fsp3) is 0.500. The Morgan fingerprint density at radius 2 is 2.00 bits per heavy atom. The number of rotatable bonds is 6. The van der Waals surface area contributed by atoms with Gasteiger partial charge in [0.15, 0.2) is 0 Å². The topological polar surface area (TPSA) is 52.3 Å². The van der Waals surface area contributed by atoms with Crippen molar-refractivity contribution in [3.63, 3.8) is 0 Å². The SMILES string of the molecule is CCC(C)S(=O)CCOc1ccc(N)cc1. The van der Waals surface area contributed by atoms with Gasteiger partial charge < -0.3 is 10.5 Å². The van der Waals surface area contributed by atoms with E-state index in [0.29, 0.717) is 12.4 Å². The van der Waals surface area contributed by atoms with Crippen molar-refractivity contribution in [2.24, 2.45) is 0 Å². The average molecular weight is 241 g/mol. The van der Waals surface area contributed by atoms with Crippen molar-refractivity contribution < 1.29 is 8.95 Å². The molecule has 4 heteroatoms. The lowest BCUT2D eigenvalue weighted by Crippen LogP contribution is -2.17. The fourth-order valence-electron chi connectivity index (χ4n) is 1.19. The van der Waals surface area contributed by atoms with E-state index in [0.717, 1.165) is 17.9 Å². The van der Waals surface area contributed by atoms with Crippen LogP contribution in [0, 0.1) is 0 Å². The first-order valence-corrected chi connectivity index (χ1v) is 6.87. The van der Waals surface area contributed by atoms with E-state index in [4.69, 9.17) is 10.5 Å². The molecule has 0 bridgehead atoms. The lowest BCUT2D eigenvalue weighted by atomic mass is 10.3. The molecular formula is C12H19NO2S. The van der Waals surface area contributed by atoms with Gasteiger partial charge >= 0.3 is 0 Å². The standard InChI is InChI=1S/C12H19NO2S/c1-3-10(2)16(14)9-8-15-12-6-4-11(13)5-7-12/h4-7,10H,3,8-9,13H2,1-2H3. The molecule has 0 spiro atoms. The van der Waals surface area contributed by atoms with Gasteiger partial charge in [0.1, 0.15) is 5.75 Å². The van der Waals surface area contributed by atoms with Crippen LogP contribution in [-0.4, -0.2) is 21.8 Å². The minimum Gasteiger partial charge on any atom is -0.493 e. The number of nitrogen functional groups attached to an aromatic ring is 1. The molecule has 16 heavy (non-hydrogen) atoms. The second-order valence-corrected chi connectivity index (χ2v) is 5.70. The van der Waals surface area contributed by atoms with Crippen LogP contribution < -0.4 is 10.5 Å². The van der Waals surface area contributed by atoms with Gasteiger partial charge in [-0.1, -0.05) is 13.8 Å². The Hall–Kier alpha value is -1.03. The molecule has 0 aliphatic carbocycles. The second-order valence-electron chi connectivity index (χ2n) is 3.72. The number of anilines is 1. The molecule has 2 unspecified atom stereocenters. The highest BCUT2D eigenvalue weighted by molar-refractivity contribution is 7.85. The van der Waals surface area contributed by atoms with Gasteiger partial charge in [-0.3, -0.25) is 4.21 Å². The number of hydrogen-bond acceptors (Lipinski definition) is 3. The zero-order chi connectivity index (χ0) is 12.0. The zero-order valence-corrected chi connectivity index (χ0v) is 10.6. The molecule has 0 fully saturated rings. The van der Waals surface area contributed by atoms with Gasteiger partial charge in [0.05, 0.1) is 12.4 Å². The Balaban J connectivity index is 2.30. The summed E-state index contributed by atoms with van der Waals surface area (Å²) >= 11 is 0.